The third-order valence-electron chi connectivity index (χ3n) is 5.47. The number of fused-ring (bicyclic) bond motifs is 2. The number of hydrogen-bond acceptors (Lipinski definition) is 3. The Morgan fingerprint density at radius 1 is 1.00 bits per heavy atom. The first-order chi connectivity index (χ1) is 13.8. The van der Waals surface area contributed by atoms with Crippen LogP contribution in [-0.2, 0) is 24.2 Å². The van der Waals surface area contributed by atoms with Gasteiger partial charge in [0.1, 0.15) is 12.0 Å². The van der Waals surface area contributed by atoms with Crippen LogP contribution in [0.4, 0.5) is 0 Å². The summed E-state index contributed by atoms with van der Waals surface area (Å²) in [7, 11) is 0. The molecule has 5 rings (SSSR count). The van der Waals surface area contributed by atoms with Gasteiger partial charge in [0.2, 0.25) is 5.91 Å². The Morgan fingerprint density at radius 3 is 2.50 bits per heavy atom. The van der Waals surface area contributed by atoms with Crippen molar-refractivity contribution in [1.82, 2.24) is 20.3 Å². The zero-order valence-electron chi connectivity index (χ0n) is 15.4. The van der Waals surface area contributed by atoms with Crippen LogP contribution < -0.4 is 5.32 Å². The number of aromatic amines is 1. The molecule has 2 aromatic heterocycles. The van der Waals surface area contributed by atoms with Crippen LogP contribution in [0.3, 0.4) is 0 Å². The molecule has 0 bridgehead atoms. The first kappa shape index (κ1) is 16.7. The van der Waals surface area contributed by atoms with E-state index in [9.17, 15) is 4.79 Å². The maximum atomic E-state index is 12.6. The molecule has 5 heteroatoms. The molecule has 4 aromatic rings. The van der Waals surface area contributed by atoms with E-state index >= 15 is 0 Å². The van der Waals surface area contributed by atoms with Gasteiger partial charge in [-0.25, -0.2) is 9.97 Å². The SMILES string of the molecule is O=C(NCc1ccc(-c2ncnc3[nH]ccc23)cc1)C1Cc2ccccc2C1. The van der Waals surface area contributed by atoms with Crippen molar-refractivity contribution in [2.45, 2.75) is 19.4 Å². The predicted octanol–water partition coefficient (Wildman–Crippen LogP) is 3.66. The van der Waals surface area contributed by atoms with Crippen molar-refractivity contribution in [3.05, 3.63) is 83.8 Å². The van der Waals surface area contributed by atoms with E-state index in [1.165, 1.54) is 11.1 Å². The summed E-state index contributed by atoms with van der Waals surface area (Å²) in [6.07, 6.45) is 5.11. The second-order valence-electron chi connectivity index (χ2n) is 7.25. The first-order valence-corrected chi connectivity index (χ1v) is 9.50. The molecule has 0 saturated heterocycles. The number of aromatic nitrogens is 3. The molecule has 0 aliphatic heterocycles. The van der Waals surface area contributed by atoms with E-state index < -0.39 is 0 Å². The highest BCUT2D eigenvalue weighted by Crippen LogP contribution is 2.27. The Kier molecular flexibility index (Phi) is 4.13. The van der Waals surface area contributed by atoms with E-state index in [0.717, 1.165) is 40.7 Å². The van der Waals surface area contributed by atoms with Gasteiger partial charge in [0, 0.05) is 29.6 Å². The van der Waals surface area contributed by atoms with E-state index in [1.54, 1.807) is 6.33 Å². The smallest absolute Gasteiger partial charge is 0.224 e. The lowest BCUT2D eigenvalue weighted by Crippen LogP contribution is -2.30. The van der Waals surface area contributed by atoms with Gasteiger partial charge in [0.25, 0.3) is 0 Å². The van der Waals surface area contributed by atoms with Crippen molar-refractivity contribution in [2.75, 3.05) is 0 Å². The number of nitrogens with one attached hydrogen (secondary N) is 2. The van der Waals surface area contributed by atoms with Gasteiger partial charge < -0.3 is 10.3 Å². The van der Waals surface area contributed by atoms with Crippen molar-refractivity contribution in [2.24, 2.45) is 5.92 Å². The monoisotopic (exact) mass is 368 g/mol. The van der Waals surface area contributed by atoms with Gasteiger partial charge in [-0.05, 0) is 35.6 Å². The molecule has 1 aliphatic rings. The number of carbonyl (C=O) groups excluding carboxylic acids is 1. The van der Waals surface area contributed by atoms with Crippen LogP contribution in [0.15, 0.2) is 67.1 Å². The van der Waals surface area contributed by atoms with Gasteiger partial charge in [-0.15, -0.1) is 0 Å². The van der Waals surface area contributed by atoms with E-state index in [0.29, 0.717) is 6.54 Å². The molecule has 2 heterocycles. The second kappa shape index (κ2) is 6.93. The predicted molar refractivity (Wildman–Crippen MR) is 109 cm³/mol. The molecule has 0 unspecified atom stereocenters. The number of nitrogens with zero attached hydrogens (tertiary/aromatic N) is 2. The molecule has 138 valence electrons. The molecule has 0 radical (unpaired) electrons. The van der Waals surface area contributed by atoms with Crippen molar-refractivity contribution in [3.63, 3.8) is 0 Å². The molecular formula is C23H20N4O. The molecule has 0 atom stereocenters. The zero-order chi connectivity index (χ0) is 18.9. The van der Waals surface area contributed by atoms with Crippen molar-refractivity contribution >= 4 is 16.9 Å². The molecule has 28 heavy (non-hydrogen) atoms. The Bertz CT molecular complexity index is 1120. The van der Waals surface area contributed by atoms with E-state index in [1.807, 2.05) is 48.7 Å². The van der Waals surface area contributed by atoms with Crippen LogP contribution in [-0.4, -0.2) is 20.9 Å². The molecule has 0 spiro atoms. The average molecular weight is 368 g/mol. The van der Waals surface area contributed by atoms with Gasteiger partial charge >= 0.3 is 0 Å². The topological polar surface area (TPSA) is 70.7 Å². The van der Waals surface area contributed by atoms with Crippen LogP contribution in [0.5, 0.6) is 0 Å². The minimum absolute atomic E-state index is 0.0413. The van der Waals surface area contributed by atoms with Gasteiger partial charge in [-0.2, -0.15) is 0 Å². The maximum absolute atomic E-state index is 12.6. The minimum Gasteiger partial charge on any atom is -0.352 e. The number of benzene rings is 2. The number of hydrogen-bond donors (Lipinski definition) is 2. The lowest BCUT2D eigenvalue weighted by Gasteiger charge is -2.11. The summed E-state index contributed by atoms with van der Waals surface area (Å²) < 4.78 is 0. The van der Waals surface area contributed by atoms with E-state index in [-0.39, 0.29) is 11.8 Å². The number of H-pyrrole nitrogens is 1. The lowest BCUT2D eigenvalue weighted by atomic mass is 10.0. The summed E-state index contributed by atoms with van der Waals surface area (Å²) in [5.74, 6) is 0.171. The number of rotatable bonds is 4. The van der Waals surface area contributed by atoms with Gasteiger partial charge in [-0.3, -0.25) is 4.79 Å². The van der Waals surface area contributed by atoms with Crippen LogP contribution in [0.1, 0.15) is 16.7 Å². The molecule has 2 N–H and O–H groups in total. The van der Waals surface area contributed by atoms with Crippen molar-refractivity contribution in [3.8, 4) is 11.3 Å². The summed E-state index contributed by atoms with van der Waals surface area (Å²) in [6.45, 7) is 0.537. The molecular weight excluding hydrogens is 348 g/mol. The first-order valence-electron chi connectivity index (χ1n) is 9.50. The summed E-state index contributed by atoms with van der Waals surface area (Å²) in [5, 5.41) is 4.09. The summed E-state index contributed by atoms with van der Waals surface area (Å²) in [4.78, 5) is 24.3. The Labute approximate surface area is 162 Å². The van der Waals surface area contributed by atoms with Gasteiger partial charge in [-0.1, -0.05) is 48.5 Å². The fraction of sp³-hybridized carbons (Fsp3) is 0.174. The highest BCUT2D eigenvalue weighted by atomic mass is 16.1. The molecule has 1 aliphatic carbocycles. The summed E-state index contributed by atoms with van der Waals surface area (Å²) in [5.41, 5.74) is 6.45. The largest absolute Gasteiger partial charge is 0.352 e. The summed E-state index contributed by atoms with van der Waals surface area (Å²) in [6, 6.07) is 18.5. The van der Waals surface area contributed by atoms with Crippen LogP contribution >= 0.6 is 0 Å². The summed E-state index contributed by atoms with van der Waals surface area (Å²) >= 11 is 0. The van der Waals surface area contributed by atoms with Gasteiger partial charge in [0.15, 0.2) is 0 Å². The molecule has 2 aromatic carbocycles. The van der Waals surface area contributed by atoms with Gasteiger partial charge in [0.05, 0.1) is 5.69 Å². The minimum atomic E-state index is 0.0413. The zero-order valence-corrected chi connectivity index (χ0v) is 15.4. The van der Waals surface area contributed by atoms with Crippen molar-refractivity contribution in [1.29, 1.82) is 0 Å². The Morgan fingerprint density at radius 2 is 1.75 bits per heavy atom. The third-order valence-corrected chi connectivity index (χ3v) is 5.47. The highest BCUT2D eigenvalue weighted by Gasteiger charge is 2.26. The van der Waals surface area contributed by atoms with Crippen LogP contribution in [0.2, 0.25) is 0 Å². The fourth-order valence-electron chi connectivity index (χ4n) is 3.96. The van der Waals surface area contributed by atoms with Crippen molar-refractivity contribution < 1.29 is 4.79 Å². The quantitative estimate of drug-likeness (QED) is 0.578. The number of carbonyl (C=O) groups is 1. The maximum Gasteiger partial charge on any atom is 0.224 e. The van der Waals surface area contributed by atoms with E-state index in [4.69, 9.17) is 0 Å². The highest BCUT2D eigenvalue weighted by molar-refractivity contribution is 5.90. The number of amides is 1. The molecule has 5 nitrogen and oxygen atoms in total. The molecule has 1 amide bonds. The standard InChI is InChI=1S/C23H20N4O/c28-23(19-11-17-3-1-2-4-18(17)12-19)25-13-15-5-7-16(8-6-15)21-20-9-10-24-22(20)27-14-26-21/h1-10,14,19H,11-13H2,(H,25,28)(H,24,26,27). The van der Waals surface area contributed by atoms with Crippen LogP contribution in [0.25, 0.3) is 22.3 Å². The van der Waals surface area contributed by atoms with E-state index in [2.05, 4.69) is 32.4 Å². The normalized spacial score (nSPS) is 13.6. The second-order valence-corrected chi connectivity index (χ2v) is 7.25. The Balaban J connectivity index is 1.25. The average Bonchev–Trinajstić information content (AvgIpc) is 3.39. The fourth-order valence-corrected chi connectivity index (χ4v) is 3.96. The van der Waals surface area contributed by atoms with Crippen LogP contribution in [0, 0.1) is 5.92 Å². The molecule has 0 saturated carbocycles. The lowest BCUT2D eigenvalue weighted by molar-refractivity contribution is -0.124. The third kappa shape index (κ3) is 3.05. The Hall–Kier alpha value is -3.47. The molecule has 0 fully saturated rings.